The molecule has 0 aliphatic heterocycles. The van der Waals surface area contributed by atoms with Crippen molar-refractivity contribution in [3.05, 3.63) is 16.3 Å². The van der Waals surface area contributed by atoms with Crippen molar-refractivity contribution in [1.82, 2.24) is 9.97 Å². The summed E-state index contributed by atoms with van der Waals surface area (Å²) < 4.78 is 35.9. The van der Waals surface area contributed by atoms with Crippen LogP contribution in [0.25, 0.3) is 0 Å². The molecule has 0 aliphatic carbocycles. The molecule has 0 aromatic carbocycles. The average molecular weight is 251 g/mol. The summed E-state index contributed by atoms with van der Waals surface area (Å²) in [6, 6.07) is 0. The van der Waals surface area contributed by atoms with E-state index in [9.17, 15) is 23.3 Å². The molecule has 0 amide bonds. The smallest absolute Gasteiger partial charge is 0.357 e. The third kappa shape index (κ3) is 3.74. The van der Waals surface area contributed by atoms with Gasteiger partial charge in [-0.2, -0.15) is 18.2 Å². The van der Waals surface area contributed by atoms with Crippen LogP contribution in [0.2, 0.25) is 0 Å². The Hall–Kier alpha value is -2.13. The van der Waals surface area contributed by atoms with Gasteiger partial charge in [0.2, 0.25) is 11.8 Å². The number of aromatic nitrogens is 2. The van der Waals surface area contributed by atoms with Crippen molar-refractivity contribution < 1.29 is 18.1 Å². The monoisotopic (exact) mass is 251 g/mol. The van der Waals surface area contributed by atoms with Gasteiger partial charge >= 0.3 is 11.9 Å². The first-order valence-corrected chi connectivity index (χ1v) is 4.33. The van der Waals surface area contributed by atoms with E-state index >= 15 is 0 Å². The summed E-state index contributed by atoms with van der Waals surface area (Å²) in [6.45, 7) is -1.41. The molecule has 0 fully saturated rings. The lowest BCUT2D eigenvalue weighted by atomic mass is 10.4. The number of nitrogens with one attached hydrogen (secondary N) is 2. The Kier molecular flexibility index (Phi) is 3.66. The number of rotatable bonds is 4. The first kappa shape index (κ1) is 12.9. The number of nitrogens with zero attached hydrogens (tertiary/aromatic N) is 3. The van der Waals surface area contributed by atoms with Gasteiger partial charge in [-0.15, -0.1) is 0 Å². The maximum atomic E-state index is 12.0. The zero-order chi connectivity index (χ0) is 13.1. The fraction of sp³-hybridized carbons (Fsp3) is 0.429. The second-order valence-electron chi connectivity index (χ2n) is 2.90. The van der Waals surface area contributed by atoms with Gasteiger partial charge in [0.05, 0.1) is 4.92 Å². The van der Waals surface area contributed by atoms with E-state index in [2.05, 4.69) is 15.3 Å². The van der Waals surface area contributed by atoms with E-state index < -0.39 is 29.1 Å². The van der Waals surface area contributed by atoms with Crippen LogP contribution in [-0.2, 0) is 0 Å². The van der Waals surface area contributed by atoms with Crippen molar-refractivity contribution in [3.63, 3.8) is 0 Å². The van der Waals surface area contributed by atoms with E-state index in [1.54, 1.807) is 0 Å². The van der Waals surface area contributed by atoms with E-state index in [0.29, 0.717) is 0 Å². The maximum Gasteiger partial charge on any atom is 0.405 e. The fourth-order valence-electron chi connectivity index (χ4n) is 0.944. The summed E-state index contributed by atoms with van der Waals surface area (Å²) in [6.07, 6.45) is -3.66. The van der Waals surface area contributed by atoms with E-state index in [-0.39, 0.29) is 5.95 Å². The van der Waals surface area contributed by atoms with Gasteiger partial charge in [-0.3, -0.25) is 10.1 Å². The Bertz CT molecular complexity index is 422. The molecule has 0 saturated carbocycles. The minimum Gasteiger partial charge on any atom is -0.357 e. The van der Waals surface area contributed by atoms with Crippen molar-refractivity contribution in [2.24, 2.45) is 0 Å². The molecule has 0 unspecified atom stereocenters. The zero-order valence-electron chi connectivity index (χ0n) is 8.58. The molecule has 10 heteroatoms. The maximum absolute atomic E-state index is 12.0. The Morgan fingerprint density at radius 1 is 1.53 bits per heavy atom. The van der Waals surface area contributed by atoms with Gasteiger partial charge in [-0.1, -0.05) is 0 Å². The average Bonchev–Trinajstić information content (AvgIpc) is 2.24. The predicted octanol–water partition coefficient (Wildman–Crippen LogP) is 1.40. The van der Waals surface area contributed by atoms with Gasteiger partial charge < -0.3 is 10.6 Å². The normalized spacial score (nSPS) is 11.1. The summed E-state index contributed by atoms with van der Waals surface area (Å²) in [7, 11) is 1.44. The third-order valence-electron chi connectivity index (χ3n) is 1.65. The molecule has 0 spiro atoms. The molecule has 7 nitrogen and oxygen atoms in total. The molecule has 0 bridgehead atoms. The summed E-state index contributed by atoms with van der Waals surface area (Å²) in [4.78, 5) is 16.7. The van der Waals surface area contributed by atoms with E-state index in [4.69, 9.17) is 0 Å². The van der Waals surface area contributed by atoms with Gasteiger partial charge in [0.25, 0.3) is 0 Å². The Morgan fingerprint density at radius 2 is 2.18 bits per heavy atom. The van der Waals surface area contributed by atoms with Crippen molar-refractivity contribution in [2.45, 2.75) is 6.18 Å². The predicted molar refractivity (Wildman–Crippen MR) is 52.8 cm³/mol. The standard InChI is InChI=1S/C7H8F3N5O2/c1-11-6-12-2-4(15(16)17)5(14-6)13-3-7(8,9)10/h2H,3H2,1H3,(H2,11,12,13,14). The second-order valence-corrected chi connectivity index (χ2v) is 2.90. The van der Waals surface area contributed by atoms with Crippen molar-refractivity contribution in [3.8, 4) is 0 Å². The molecule has 17 heavy (non-hydrogen) atoms. The Labute approximate surface area is 93.2 Å². The van der Waals surface area contributed by atoms with Gasteiger partial charge in [0.15, 0.2) is 0 Å². The molecule has 94 valence electrons. The lowest BCUT2D eigenvalue weighted by Crippen LogP contribution is -2.22. The lowest BCUT2D eigenvalue weighted by molar-refractivity contribution is -0.384. The number of anilines is 2. The molecule has 0 aliphatic rings. The highest BCUT2D eigenvalue weighted by Gasteiger charge is 2.29. The SMILES string of the molecule is CNc1ncc([N+](=O)[O-])c(NCC(F)(F)F)n1. The second kappa shape index (κ2) is 4.80. The summed E-state index contributed by atoms with van der Waals surface area (Å²) >= 11 is 0. The van der Waals surface area contributed by atoms with Crippen LogP contribution in [0.3, 0.4) is 0 Å². The van der Waals surface area contributed by atoms with Crippen LogP contribution in [-0.4, -0.2) is 34.7 Å². The van der Waals surface area contributed by atoms with Crippen molar-refractivity contribution in [2.75, 3.05) is 24.2 Å². The molecule has 0 saturated heterocycles. The molecule has 0 radical (unpaired) electrons. The topological polar surface area (TPSA) is 93.0 Å². The van der Waals surface area contributed by atoms with Gasteiger partial charge in [0.1, 0.15) is 12.7 Å². The minimum atomic E-state index is -4.49. The fourth-order valence-corrected chi connectivity index (χ4v) is 0.944. The van der Waals surface area contributed by atoms with Crippen molar-refractivity contribution >= 4 is 17.5 Å². The van der Waals surface area contributed by atoms with E-state index in [0.717, 1.165) is 6.20 Å². The third-order valence-corrected chi connectivity index (χ3v) is 1.65. The molecule has 2 N–H and O–H groups in total. The highest BCUT2D eigenvalue weighted by atomic mass is 19.4. The van der Waals surface area contributed by atoms with E-state index in [1.807, 2.05) is 5.32 Å². The van der Waals surface area contributed by atoms with Crippen LogP contribution >= 0.6 is 0 Å². The molecular formula is C7H8F3N5O2. The van der Waals surface area contributed by atoms with Gasteiger partial charge in [0, 0.05) is 7.05 Å². The summed E-state index contributed by atoms with van der Waals surface area (Å²) in [5.74, 6) is -0.494. The summed E-state index contributed by atoms with van der Waals surface area (Å²) in [5.41, 5.74) is -0.617. The number of alkyl halides is 3. The van der Waals surface area contributed by atoms with Crippen LogP contribution in [0.15, 0.2) is 6.20 Å². The van der Waals surface area contributed by atoms with Crippen LogP contribution < -0.4 is 10.6 Å². The lowest BCUT2D eigenvalue weighted by Gasteiger charge is -2.09. The Morgan fingerprint density at radius 3 is 2.65 bits per heavy atom. The minimum absolute atomic E-state index is 0.0136. The van der Waals surface area contributed by atoms with Crippen molar-refractivity contribution in [1.29, 1.82) is 0 Å². The highest BCUT2D eigenvalue weighted by molar-refractivity contribution is 5.56. The number of nitro groups is 1. The quantitative estimate of drug-likeness (QED) is 0.620. The zero-order valence-corrected chi connectivity index (χ0v) is 8.58. The van der Waals surface area contributed by atoms with Crippen LogP contribution in [0.4, 0.5) is 30.6 Å². The molecule has 0 atom stereocenters. The molecule has 1 aromatic rings. The van der Waals surface area contributed by atoms with Crippen LogP contribution in [0.1, 0.15) is 0 Å². The number of hydrogen-bond donors (Lipinski definition) is 2. The Balaban J connectivity index is 2.97. The summed E-state index contributed by atoms with van der Waals surface area (Å²) in [5, 5.41) is 14.8. The first-order valence-electron chi connectivity index (χ1n) is 4.33. The van der Waals surface area contributed by atoms with Gasteiger partial charge in [-0.25, -0.2) is 4.98 Å². The molecule has 1 heterocycles. The highest BCUT2D eigenvalue weighted by Crippen LogP contribution is 2.23. The first-order chi connectivity index (χ1) is 7.83. The largest absolute Gasteiger partial charge is 0.405 e. The molecule has 1 aromatic heterocycles. The molecular weight excluding hydrogens is 243 g/mol. The number of halogens is 3. The van der Waals surface area contributed by atoms with E-state index in [1.165, 1.54) is 7.05 Å². The van der Waals surface area contributed by atoms with Crippen LogP contribution in [0, 0.1) is 10.1 Å². The number of hydrogen-bond acceptors (Lipinski definition) is 6. The van der Waals surface area contributed by atoms with Crippen LogP contribution in [0.5, 0.6) is 0 Å². The van der Waals surface area contributed by atoms with Gasteiger partial charge in [-0.05, 0) is 0 Å². The molecule has 1 rings (SSSR count).